The van der Waals surface area contributed by atoms with Crippen molar-refractivity contribution in [1.82, 2.24) is 5.32 Å². The summed E-state index contributed by atoms with van der Waals surface area (Å²) in [5, 5.41) is 6.94. The fourth-order valence-corrected chi connectivity index (χ4v) is 4.83. The van der Waals surface area contributed by atoms with E-state index in [4.69, 9.17) is 27.9 Å². The molecule has 1 spiro atoms. The Labute approximate surface area is 167 Å². The Balaban J connectivity index is 2.01. The highest BCUT2D eigenvalue weighted by molar-refractivity contribution is 6.33. The lowest BCUT2D eigenvalue weighted by Gasteiger charge is -2.39. The first kappa shape index (κ1) is 18.3. The van der Waals surface area contributed by atoms with Crippen LogP contribution >= 0.6 is 23.2 Å². The van der Waals surface area contributed by atoms with Gasteiger partial charge in [-0.25, -0.2) is 0 Å². The lowest BCUT2D eigenvalue weighted by atomic mass is 9.64. The molecule has 0 aliphatic carbocycles. The van der Waals surface area contributed by atoms with Crippen LogP contribution < -0.4 is 10.6 Å². The van der Waals surface area contributed by atoms with Crippen molar-refractivity contribution in [3.05, 3.63) is 63.6 Å². The van der Waals surface area contributed by atoms with Crippen LogP contribution in [0.5, 0.6) is 0 Å². The van der Waals surface area contributed by atoms with Crippen LogP contribution in [0.2, 0.25) is 10.0 Å². The van der Waals surface area contributed by atoms with Crippen molar-refractivity contribution < 1.29 is 14.3 Å². The van der Waals surface area contributed by atoms with Gasteiger partial charge in [0.15, 0.2) is 0 Å². The van der Waals surface area contributed by atoms with Crippen LogP contribution in [0.15, 0.2) is 42.5 Å². The molecule has 4 rings (SSSR count). The number of halogens is 2. The normalized spacial score (nSPS) is 27.1. The number of rotatable bonds is 2. The number of ether oxygens (including phenoxy) is 1. The zero-order valence-electron chi connectivity index (χ0n) is 14.6. The summed E-state index contributed by atoms with van der Waals surface area (Å²) < 4.78 is 5.73. The Morgan fingerprint density at radius 3 is 2.56 bits per heavy atom. The van der Waals surface area contributed by atoms with Gasteiger partial charge < -0.3 is 15.4 Å². The third-order valence-electron chi connectivity index (χ3n) is 5.54. The monoisotopic (exact) mass is 404 g/mol. The van der Waals surface area contributed by atoms with Crippen LogP contribution in [0.4, 0.5) is 5.69 Å². The standard InChI is InChI=1S/C20H18Cl2N2O3/c1-27-16-9-17(25)23-10-13(11-5-7-12(21)8-6-11)20(16)18-14(22)3-2-4-15(18)24-19(20)26/h2-8,13,16H,9-10H2,1H3,(H,23,25)(H,24,26). The van der Waals surface area contributed by atoms with Gasteiger partial charge in [-0.2, -0.15) is 0 Å². The van der Waals surface area contributed by atoms with E-state index in [-0.39, 0.29) is 24.2 Å². The SMILES string of the molecule is COC1CC(=O)NCC(c2ccc(Cl)cc2)C12C(=O)Nc1cccc(Cl)c12. The second kappa shape index (κ2) is 6.82. The van der Waals surface area contributed by atoms with Crippen LogP contribution in [0.25, 0.3) is 0 Å². The second-order valence-electron chi connectivity index (χ2n) is 6.82. The number of nitrogens with one attached hydrogen (secondary N) is 2. The van der Waals surface area contributed by atoms with Crippen LogP contribution in [0.1, 0.15) is 23.5 Å². The zero-order valence-corrected chi connectivity index (χ0v) is 16.1. The Morgan fingerprint density at radius 2 is 1.85 bits per heavy atom. The van der Waals surface area contributed by atoms with Gasteiger partial charge in [0.25, 0.3) is 0 Å². The molecule has 2 amide bonds. The fourth-order valence-electron chi connectivity index (χ4n) is 4.38. The molecule has 5 nitrogen and oxygen atoms in total. The van der Waals surface area contributed by atoms with Crippen molar-refractivity contribution in [2.24, 2.45) is 0 Å². The quantitative estimate of drug-likeness (QED) is 0.804. The van der Waals surface area contributed by atoms with Gasteiger partial charge in [-0.05, 0) is 29.8 Å². The highest BCUT2D eigenvalue weighted by Crippen LogP contribution is 2.54. The van der Waals surface area contributed by atoms with E-state index in [0.29, 0.717) is 27.8 Å². The number of hydrogen-bond donors (Lipinski definition) is 2. The molecule has 0 bridgehead atoms. The molecule has 1 fully saturated rings. The number of carbonyl (C=O) groups is 2. The summed E-state index contributed by atoms with van der Waals surface area (Å²) in [6, 6.07) is 12.7. The highest BCUT2D eigenvalue weighted by Gasteiger charge is 2.60. The van der Waals surface area contributed by atoms with Crippen molar-refractivity contribution >= 4 is 40.7 Å². The van der Waals surface area contributed by atoms with Crippen molar-refractivity contribution in [3.63, 3.8) is 0 Å². The molecule has 27 heavy (non-hydrogen) atoms. The van der Waals surface area contributed by atoms with Gasteiger partial charge >= 0.3 is 0 Å². The molecule has 1 saturated heterocycles. The zero-order chi connectivity index (χ0) is 19.2. The van der Waals surface area contributed by atoms with Crippen LogP contribution in [0.3, 0.4) is 0 Å². The maximum Gasteiger partial charge on any atom is 0.238 e. The summed E-state index contributed by atoms with van der Waals surface area (Å²) in [7, 11) is 1.52. The topological polar surface area (TPSA) is 67.4 Å². The van der Waals surface area contributed by atoms with Crippen LogP contribution in [0, 0.1) is 0 Å². The average molecular weight is 405 g/mol. The summed E-state index contributed by atoms with van der Waals surface area (Å²) in [6.07, 6.45) is -0.597. The molecular weight excluding hydrogens is 387 g/mol. The minimum Gasteiger partial charge on any atom is -0.379 e. The Bertz CT molecular complexity index is 916. The van der Waals surface area contributed by atoms with E-state index < -0.39 is 11.5 Å². The van der Waals surface area contributed by atoms with E-state index in [9.17, 15) is 9.59 Å². The number of hydrogen-bond acceptors (Lipinski definition) is 3. The number of methoxy groups -OCH3 is 1. The minimum atomic E-state index is -1.13. The summed E-state index contributed by atoms with van der Waals surface area (Å²) in [6.45, 7) is 0.290. The molecule has 0 aromatic heterocycles. The predicted molar refractivity (Wildman–Crippen MR) is 104 cm³/mol. The molecule has 2 aromatic carbocycles. The van der Waals surface area contributed by atoms with E-state index in [0.717, 1.165) is 5.56 Å². The van der Waals surface area contributed by atoms with Gasteiger partial charge in [-0.1, -0.05) is 41.4 Å². The smallest absolute Gasteiger partial charge is 0.238 e. The molecule has 140 valence electrons. The molecule has 7 heteroatoms. The molecule has 3 unspecified atom stereocenters. The predicted octanol–water partition coefficient (Wildman–Crippen LogP) is 3.50. The van der Waals surface area contributed by atoms with Crippen molar-refractivity contribution in [1.29, 1.82) is 0 Å². The van der Waals surface area contributed by atoms with Gasteiger partial charge in [-0.15, -0.1) is 0 Å². The number of carbonyl (C=O) groups excluding carboxylic acids is 2. The van der Waals surface area contributed by atoms with Crippen molar-refractivity contribution in [2.45, 2.75) is 23.9 Å². The van der Waals surface area contributed by atoms with Gasteiger partial charge in [0.05, 0.1) is 12.5 Å². The van der Waals surface area contributed by atoms with Gasteiger partial charge in [0.1, 0.15) is 5.41 Å². The van der Waals surface area contributed by atoms with Gasteiger partial charge in [-0.3, -0.25) is 9.59 Å². The van der Waals surface area contributed by atoms with E-state index in [2.05, 4.69) is 10.6 Å². The fraction of sp³-hybridized carbons (Fsp3) is 0.300. The first-order valence-electron chi connectivity index (χ1n) is 8.64. The van der Waals surface area contributed by atoms with Gasteiger partial charge in [0.2, 0.25) is 11.8 Å². The average Bonchev–Trinajstić information content (AvgIpc) is 2.85. The summed E-state index contributed by atoms with van der Waals surface area (Å²) in [5.41, 5.74) is 1.09. The van der Waals surface area contributed by atoms with E-state index in [1.54, 1.807) is 24.3 Å². The molecule has 0 saturated carbocycles. The maximum absolute atomic E-state index is 13.4. The molecule has 2 aliphatic heterocycles. The summed E-state index contributed by atoms with van der Waals surface area (Å²) in [5.74, 6) is -0.743. The molecule has 0 radical (unpaired) electrons. The second-order valence-corrected chi connectivity index (χ2v) is 7.67. The van der Waals surface area contributed by atoms with E-state index >= 15 is 0 Å². The van der Waals surface area contributed by atoms with Crippen LogP contribution in [-0.4, -0.2) is 31.6 Å². The Kier molecular flexibility index (Phi) is 4.62. The molecule has 3 atom stereocenters. The molecule has 2 aromatic rings. The van der Waals surface area contributed by atoms with E-state index in [1.165, 1.54) is 7.11 Å². The van der Waals surface area contributed by atoms with Crippen LogP contribution in [-0.2, 0) is 19.7 Å². The highest BCUT2D eigenvalue weighted by atomic mass is 35.5. The number of fused-ring (bicyclic) bond motifs is 2. The summed E-state index contributed by atoms with van der Waals surface area (Å²) >= 11 is 12.6. The van der Waals surface area contributed by atoms with E-state index in [1.807, 2.05) is 18.2 Å². The Morgan fingerprint density at radius 1 is 1.11 bits per heavy atom. The minimum absolute atomic E-state index is 0.0681. The van der Waals surface area contributed by atoms with Gasteiger partial charge in [0, 0.05) is 40.9 Å². The summed E-state index contributed by atoms with van der Waals surface area (Å²) in [4.78, 5) is 25.8. The largest absolute Gasteiger partial charge is 0.379 e. The number of amides is 2. The van der Waals surface area contributed by atoms with Crippen molar-refractivity contribution in [3.8, 4) is 0 Å². The third kappa shape index (κ3) is 2.73. The Hall–Kier alpha value is -2.08. The third-order valence-corrected chi connectivity index (χ3v) is 6.11. The molecule has 2 heterocycles. The number of benzene rings is 2. The lowest BCUT2D eigenvalue weighted by Crippen LogP contribution is -2.51. The van der Waals surface area contributed by atoms with Crippen molar-refractivity contribution in [2.75, 3.05) is 19.0 Å². The first-order chi connectivity index (χ1) is 13.0. The number of anilines is 1. The molecule has 2 N–H and O–H groups in total. The molecular formula is C20H18Cl2N2O3. The molecule has 2 aliphatic rings. The lowest BCUT2D eigenvalue weighted by molar-refractivity contribution is -0.129. The first-order valence-corrected chi connectivity index (χ1v) is 9.39. The maximum atomic E-state index is 13.4.